The average molecular weight is 494 g/mol. The molecule has 36 heavy (non-hydrogen) atoms. The standard InChI is InChI=1S/C28H39N5O3/c1-21(13-16-30-27(34)36-28(2,3)4)32-17-14-25(15-18-32)33(24-9-11-26(35-5)12-10-24)20-23-8-6-7-22(19-29)31-23/h6-12,21,25H,13-18,20H2,1-5H3,(H,30,34). The Kier molecular flexibility index (Phi) is 9.54. The summed E-state index contributed by atoms with van der Waals surface area (Å²) in [6, 6.07) is 16.6. The van der Waals surface area contributed by atoms with Crippen molar-refractivity contribution in [2.24, 2.45) is 0 Å². The first-order valence-corrected chi connectivity index (χ1v) is 12.7. The molecular weight excluding hydrogens is 454 g/mol. The molecule has 1 aromatic carbocycles. The third kappa shape index (κ3) is 8.13. The van der Waals surface area contributed by atoms with E-state index in [1.807, 2.05) is 45.0 Å². The van der Waals surface area contributed by atoms with Gasteiger partial charge in [-0.25, -0.2) is 9.78 Å². The summed E-state index contributed by atoms with van der Waals surface area (Å²) in [6.45, 7) is 11.0. The molecule has 1 unspecified atom stereocenters. The fraction of sp³-hybridized carbons (Fsp3) is 0.536. The van der Waals surface area contributed by atoms with Gasteiger partial charge in [-0.2, -0.15) is 5.26 Å². The van der Waals surface area contributed by atoms with Crippen molar-refractivity contribution in [2.45, 2.75) is 71.2 Å². The highest BCUT2D eigenvalue weighted by Crippen LogP contribution is 2.28. The molecule has 1 amide bonds. The molecule has 8 heteroatoms. The second kappa shape index (κ2) is 12.6. The summed E-state index contributed by atoms with van der Waals surface area (Å²) in [7, 11) is 1.67. The lowest BCUT2D eigenvalue weighted by atomic mass is 9.99. The predicted molar refractivity (Wildman–Crippen MR) is 141 cm³/mol. The molecular formula is C28H39N5O3. The van der Waals surface area contributed by atoms with Gasteiger partial charge >= 0.3 is 6.09 Å². The van der Waals surface area contributed by atoms with Gasteiger partial charge in [0, 0.05) is 37.4 Å². The third-order valence-corrected chi connectivity index (χ3v) is 6.45. The molecule has 8 nitrogen and oxygen atoms in total. The predicted octanol–water partition coefficient (Wildman–Crippen LogP) is 4.74. The molecule has 2 heterocycles. The number of nitrogens with zero attached hydrogens (tertiary/aromatic N) is 4. The van der Waals surface area contributed by atoms with Gasteiger partial charge in [0.1, 0.15) is 23.1 Å². The van der Waals surface area contributed by atoms with Gasteiger partial charge < -0.3 is 24.6 Å². The number of alkyl carbamates (subject to hydrolysis) is 1. The van der Waals surface area contributed by atoms with Gasteiger partial charge in [-0.05, 0) is 83.4 Å². The van der Waals surface area contributed by atoms with Crippen LogP contribution in [0.3, 0.4) is 0 Å². The molecule has 1 aliphatic rings. The minimum absolute atomic E-state index is 0.356. The fourth-order valence-electron chi connectivity index (χ4n) is 4.53. The van der Waals surface area contributed by atoms with E-state index in [-0.39, 0.29) is 6.09 Å². The number of benzene rings is 1. The lowest BCUT2D eigenvalue weighted by Gasteiger charge is -2.41. The molecule has 0 saturated carbocycles. The number of rotatable bonds is 9. The van der Waals surface area contributed by atoms with Crippen LogP contribution in [0, 0.1) is 11.3 Å². The Balaban J connectivity index is 1.60. The number of nitriles is 1. The molecule has 194 valence electrons. The highest BCUT2D eigenvalue weighted by atomic mass is 16.6. The van der Waals surface area contributed by atoms with Crippen LogP contribution in [0.1, 0.15) is 58.3 Å². The van der Waals surface area contributed by atoms with Crippen molar-refractivity contribution >= 4 is 11.8 Å². The van der Waals surface area contributed by atoms with Gasteiger partial charge in [-0.1, -0.05) is 6.07 Å². The maximum absolute atomic E-state index is 11.9. The van der Waals surface area contributed by atoms with Crippen LogP contribution in [0.5, 0.6) is 5.75 Å². The fourth-order valence-corrected chi connectivity index (χ4v) is 4.53. The summed E-state index contributed by atoms with van der Waals surface area (Å²) in [5.74, 6) is 0.826. The lowest BCUT2D eigenvalue weighted by Crippen LogP contribution is -2.48. The number of hydrogen-bond acceptors (Lipinski definition) is 7. The normalized spacial score (nSPS) is 15.6. The Morgan fingerprint density at radius 1 is 1.22 bits per heavy atom. The van der Waals surface area contributed by atoms with Crippen LogP contribution in [-0.2, 0) is 11.3 Å². The van der Waals surface area contributed by atoms with Gasteiger partial charge in [0.25, 0.3) is 0 Å². The number of anilines is 1. The van der Waals surface area contributed by atoms with Gasteiger partial charge in [-0.3, -0.25) is 0 Å². The molecule has 1 aromatic heterocycles. The second-order valence-electron chi connectivity index (χ2n) is 10.3. The molecule has 0 bridgehead atoms. The molecule has 0 aliphatic carbocycles. The van der Waals surface area contributed by atoms with E-state index in [1.165, 1.54) is 0 Å². The molecule has 0 radical (unpaired) electrons. The number of methoxy groups -OCH3 is 1. The van der Waals surface area contributed by atoms with Crippen molar-refractivity contribution in [1.82, 2.24) is 15.2 Å². The first kappa shape index (κ1) is 27.3. The Morgan fingerprint density at radius 2 is 1.92 bits per heavy atom. The molecule has 1 atom stereocenters. The molecule has 1 N–H and O–H groups in total. The monoisotopic (exact) mass is 493 g/mol. The van der Waals surface area contributed by atoms with Crippen LogP contribution in [0.15, 0.2) is 42.5 Å². The van der Waals surface area contributed by atoms with E-state index in [0.717, 1.165) is 49.5 Å². The maximum atomic E-state index is 11.9. The first-order chi connectivity index (χ1) is 17.2. The summed E-state index contributed by atoms with van der Waals surface area (Å²) in [5.41, 5.74) is 1.95. The van der Waals surface area contributed by atoms with Crippen molar-refractivity contribution < 1.29 is 14.3 Å². The van der Waals surface area contributed by atoms with Crippen LogP contribution in [0.25, 0.3) is 0 Å². The molecule has 0 spiro atoms. The van der Waals surface area contributed by atoms with Crippen molar-refractivity contribution in [1.29, 1.82) is 5.26 Å². The summed E-state index contributed by atoms with van der Waals surface area (Å²) < 4.78 is 10.7. The topological polar surface area (TPSA) is 90.7 Å². The molecule has 1 saturated heterocycles. The van der Waals surface area contributed by atoms with E-state index in [2.05, 4.69) is 45.2 Å². The van der Waals surface area contributed by atoms with Gasteiger partial charge in [0.15, 0.2) is 0 Å². The minimum atomic E-state index is -0.487. The molecule has 3 rings (SSSR count). The molecule has 2 aromatic rings. The highest BCUT2D eigenvalue weighted by Gasteiger charge is 2.28. The van der Waals surface area contributed by atoms with Crippen LogP contribution >= 0.6 is 0 Å². The Bertz CT molecular complexity index is 1020. The summed E-state index contributed by atoms with van der Waals surface area (Å²) >= 11 is 0. The number of pyridine rings is 1. The van der Waals surface area contributed by atoms with Crippen LogP contribution < -0.4 is 15.0 Å². The number of likely N-dealkylation sites (tertiary alicyclic amines) is 1. The third-order valence-electron chi connectivity index (χ3n) is 6.45. The number of ether oxygens (including phenoxy) is 2. The Labute approximate surface area is 215 Å². The second-order valence-corrected chi connectivity index (χ2v) is 10.3. The molecule has 1 fully saturated rings. The Hall–Kier alpha value is -3.31. The van der Waals surface area contributed by atoms with Crippen LogP contribution in [0.2, 0.25) is 0 Å². The summed E-state index contributed by atoms with van der Waals surface area (Å²) in [4.78, 5) is 21.3. The van der Waals surface area contributed by atoms with Gasteiger partial charge in [-0.15, -0.1) is 0 Å². The van der Waals surface area contributed by atoms with E-state index < -0.39 is 5.60 Å². The minimum Gasteiger partial charge on any atom is -0.497 e. The van der Waals surface area contributed by atoms with Crippen molar-refractivity contribution in [3.8, 4) is 11.8 Å². The van der Waals surface area contributed by atoms with E-state index in [9.17, 15) is 10.1 Å². The Morgan fingerprint density at radius 3 is 2.53 bits per heavy atom. The van der Waals surface area contributed by atoms with Crippen molar-refractivity contribution in [2.75, 3.05) is 31.6 Å². The number of aromatic nitrogens is 1. The van der Waals surface area contributed by atoms with E-state index in [0.29, 0.717) is 30.9 Å². The average Bonchev–Trinajstić information content (AvgIpc) is 2.86. The lowest BCUT2D eigenvalue weighted by molar-refractivity contribution is 0.0521. The van der Waals surface area contributed by atoms with Crippen LogP contribution in [-0.4, -0.2) is 60.4 Å². The maximum Gasteiger partial charge on any atom is 0.407 e. The quantitative estimate of drug-likeness (QED) is 0.540. The summed E-state index contributed by atoms with van der Waals surface area (Å²) in [6.07, 6.45) is 2.55. The van der Waals surface area contributed by atoms with E-state index >= 15 is 0 Å². The number of nitrogens with one attached hydrogen (secondary N) is 1. The number of carbonyl (C=O) groups excluding carboxylic acids is 1. The highest BCUT2D eigenvalue weighted by molar-refractivity contribution is 5.67. The smallest absolute Gasteiger partial charge is 0.407 e. The van der Waals surface area contributed by atoms with Crippen LogP contribution in [0.4, 0.5) is 10.5 Å². The van der Waals surface area contributed by atoms with Crippen molar-refractivity contribution in [3.63, 3.8) is 0 Å². The molecule has 1 aliphatic heterocycles. The largest absolute Gasteiger partial charge is 0.497 e. The zero-order chi connectivity index (χ0) is 26.1. The van der Waals surface area contributed by atoms with Gasteiger partial charge in [0.05, 0.1) is 19.3 Å². The zero-order valence-corrected chi connectivity index (χ0v) is 22.2. The summed E-state index contributed by atoms with van der Waals surface area (Å²) in [5, 5.41) is 12.1. The van der Waals surface area contributed by atoms with E-state index in [1.54, 1.807) is 13.2 Å². The number of piperidine rings is 1. The SMILES string of the molecule is COc1ccc(N(Cc2cccc(C#N)n2)C2CCN(C(C)CCNC(=O)OC(C)(C)C)CC2)cc1. The number of amides is 1. The van der Waals surface area contributed by atoms with Gasteiger partial charge in [0.2, 0.25) is 0 Å². The number of hydrogen-bond donors (Lipinski definition) is 1. The zero-order valence-electron chi connectivity index (χ0n) is 22.2. The van der Waals surface area contributed by atoms with Crippen molar-refractivity contribution in [3.05, 3.63) is 53.9 Å². The number of carbonyl (C=O) groups is 1. The first-order valence-electron chi connectivity index (χ1n) is 12.7. The van der Waals surface area contributed by atoms with E-state index in [4.69, 9.17) is 9.47 Å².